The van der Waals surface area contributed by atoms with Gasteiger partial charge in [0.25, 0.3) is 5.69 Å². The molecule has 90 valence electrons. The summed E-state index contributed by atoms with van der Waals surface area (Å²) in [5.41, 5.74) is 0.272. The third-order valence-corrected chi connectivity index (χ3v) is 2.54. The maximum atomic E-state index is 13.6. The third kappa shape index (κ3) is 2.10. The largest absolute Gasteiger partial charge is 0.298 e. The molecule has 0 fully saturated rings. The van der Waals surface area contributed by atoms with E-state index in [4.69, 9.17) is 0 Å². The molecule has 0 atom stereocenters. The highest BCUT2D eigenvalue weighted by molar-refractivity contribution is 5.84. The van der Waals surface area contributed by atoms with Gasteiger partial charge in [-0.25, -0.2) is 4.39 Å². The molecule has 0 N–H and O–H groups in total. The normalized spacial score (nSPS) is 10.1. The zero-order valence-corrected chi connectivity index (χ0v) is 9.17. The molecule has 0 bridgehead atoms. The Labute approximate surface area is 102 Å². The van der Waals surface area contributed by atoms with E-state index in [1.807, 2.05) is 0 Å². The molecule has 0 aromatic heterocycles. The second-order valence-corrected chi connectivity index (χ2v) is 3.63. The van der Waals surface area contributed by atoms with Gasteiger partial charge in [-0.05, 0) is 17.7 Å². The summed E-state index contributed by atoms with van der Waals surface area (Å²) in [6.07, 6.45) is 0.406. The van der Waals surface area contributed by atoms with Crippen LogP contribution in [-0.4, -0.2) is 11.2 Å². The molecule has 0 amide bonds. The van der Waals surface area contributed by atoms with Gasteiger partial charge < -0.3 is 0 Å². The van der Waals surface area contributed by atoms with Crippen LogP contribution in [-0.2, 0) is 0 Å². The van der Waals surface area contributed by atoms with Crippen LogP contribution in [0.15, 0.2) is 42.5 Å². The Balaban J connectivity index is 2.61. The van der Waals surface area contributed by atoms with Gasteiger partial charge in [0.2, 0.25) is 0 Å². The summed E-state index contributed by atoms with van der Waals surface area (Å²) >= 11 is 0. The van der Waals surface area contributed by atoms with E-state index in [9.17, 15) is 19.3 Å². The molecule has 0 saturated carbocycles. The quantitative estimate of drug-likeness (QED) is 0.474. The summed E-state index contributed by atoms with van der Waals surface area (Å²) in [7, 11) is 0. The van der Waals surface area contributed by atoms with Crippen LogP contribution in [0.3, 0.4) is 0 Å². The average Bonchev–Trinajstić information content (AvgIpc) is 2.38. The van der Waals surface area contributed by atoms with Crippen LogP contribution in [0.2, 0.25) is 0 Å². The lowest BCUT2D eigenvalue weighted by Crippen LogP contribution is -1.95. The Morgan fingerprint density at radius 2 is 1.89 bits per heavy atom. The van der Waals surface area contributed by atoms with Crippen molar-refractivity contribution in [2.75, 3.05) is 0 Å². The van der Waals surface area contributed by atoms with E-state index in [2.05, 4.69) is 0 Å². The molecular weight excluding hydrogens is 237 g/mol. The molecule has 0 aliphatic heterocycles. The van der Waals surface area contributed by atoms with E-state index >= 15 is 0 Å². The molecule has 2 rings (SSSR count). The second kappa shape index (κ2) is 4.75. The smallest absolute Gasteiger partial charge is 0.280 e. The SMILES string of the molecule is O=Cc1ccc(-c2ccccc2F)cc1[N+](=O)[O-]. The van der Waals surface area contributed by atoms with Crippen molar-refractivity contribution in [3.8, 4) is 11.1 Å². The second-order valence-electron chi connectivity index (χ2n) is 3.63. The first kappa shape index (κ1) is 11.9. The highest BCUT2D eigenvalue weighted by Gasteiger charge is 2.15. The third-order valence-electron chi connectivity index (χ3n) is 2.54. The summed E-state index contributed by atoms with van der Waals surface area (Å²) in [6.45, 7) is 0. The van der Waals surface area contributed by atoms with E-state index in [0.717, 1.165) is 0 Å². The average molecular weight is 245 g/mol. The first-order valence-electron chi connectivity index (χ1n) is 5.12. The molecule has 2 aromatic rings. The summed E-state index contributed by atoms with van der Waals surface area (Å²) in [5, 5.41) is 10.8. The van der Waals surface area contributed by atoms with E-state index in [1.54, 1.807) is 6.07 Å². The van der Waals surface area contributed by atoms with Crippen molar-refractivity contribution in [3.63, 3.8) is 0 Å². The monoisotopic (exact) mass is 245 g/mol. The van der Waals surface area contributed by atoms with E-state index in [1.165, 1.54) is 36.4 Å². The van der Waals surface area contributed by atoms with Gasteiger partial charge in [0.15, 0.2) is 6.29 Å². The number of nitrogens with zero attached hydrogens (tertiary/aromatic N) is 1. The van der Waals surface area contributed by atoms with Crippen LogP contribution in [0.5, 0.6) is 0 Å². The number of aldehydes is 1. The molecule has 0 aliphatic carbocycles. The van der Waals surface area contributed by atoms with Crippen molar-refractivity contribution in [2.24, 2.45) is 0 Å². The van der Waals surface area contributed by atoms with Crippen LogP contribution in [0, 0.1) is 15.9 Å². The van der Waals surface area contributed by atoms with Gasteiger partial charge >= 0.3 is 0 Å². The molecule has 4 nitrogen and oxygen atoms in total. The van der Waals surface area contributed by atoms with Gasteiger partial charge in [-0.15, -0.1) is 0 Å². The molecule has 18 heavy (non-hydrogen) atoms. The van der Waals surface area contributed by atoms with E-state index in [0.29, 0.717) is 11.8 Å². The lowest BCUT2D eigenvalue weighted by Gasteiger charge is -2.04. The number of nitro benzene ring substituents is 1. The zero-order valence-electron chi connectivity index (χ0n) is 9.17. The van der Waals surface area contributed by atoms with Gasteiger partial charge in [-0.3, -0.25) is 14.9 Å². The first-order valence-corrected chi connectivity index (χ1v) is 5.12. The minimum atomic E-state index is -0.659. The Kier molecular flexibility index (Phi) is 3.14. The molecule has 0 spiro atoms. The maximum Gasteiger partial charge on any atom is 0.280 e. The number of carbonyl (C=O) groups excluding carboxylic acids is 1. The van der Waals surface area contributed by atoms with Crippen LogP contribution in [0.1, 0.15) is 10.4 Å². The van der Waals surface area contributed by atoms with Gasteiger partial charge in [0, 0.05) is 11.6 Å². The predicted octanol–water partition coefficient (Wildman–Crippen LogP) is 3.21. The Morgan fingerprint density at radius 3 is 2.50 bits per heavy atom. The standard InChI is InChI=1S/C13H8FNO3/c14-12-4-2-1-3-11(12)9-5-6-10(8-16)13(7-9)15(17)18/h1-8H. The molecular formula is C13H8FNO3. The van der Waals surface area contributed by atoms with Gasteiger partial charge in [-0.2, -0.15) is 0 Å². The number of hydrogen-bond donors (Lipinski definition) is 0. The van der Waals surface area contributed by atoms with Crippen molar-refractivity contribution in [1.29, 1.82) is 0 Å². The zero-order chi connectivity index (χ0) is 13.1. The molecule has 0 unspecified atom stereocenters. The Morgan fingerprint density at radius 1 is 1.17 bits per heavy atom. The maximum absolute atomic E-state index is 13.6. The van der Waals surface area contributed by atoms with Crippen LogP contribution < -0.4 is 0 Å². The lowest BCUT2D eigenvalue weighted by atomic mass is 10.0. The highest BCUT2D eigenvalue weighted by atomic mass is 19.1. The predicted molar refractivity (Wildman–Crippen MR) is 63.9 cm³/mol. The van der Waals surface area contributed by atoms with Crippen LogP contribution in [0.25, 0.3) is 11.1 Å². The van der Waals surface area contributed by atoms with Crippen molar-refractivity contribution >= 4 is 12.0 Å². The van der Waals surface area contributed by atoms with Crippen LogP contribution >= 0.6 is 0 Å². The number of rotatable bonds is 3. The van der Waals surface area contributed by atoms with Crippen molar-refractivity contribution in [2.45, 2.75) is 0 Å². The van der Waals surface area contributed by atoms with Crippen LogP contribution in [0.4, 0.5) is 10.1 Å². The fourth-order valence-corrected chi connectivity index (χ4v) is 1.66. The first-order chi connectivity index (χ1) is 8.63. The number of halogens is 1. The van der Waals surface area contributed by atoms with Crippen molar-refractivity contribution in [3.05, 3.63) is 64.0 Å². The Bertz CT molecular complexity index is 625. The summed E-state index contributed by atoms with van der Waals surface area (Å²) in [5.74, 6) is -0.467. The topological polar surface area (TPSA) is 60.2 Å². The summed E-state index contributed by atoms with van der Waals surface area (Å²) < 4.78 is 13.6. The number of carbonyl (C=O) groups is 1. The molecule has 0 radical (unpaired) electrons. The van der Waals surface area contributed by atoms with Gasteiger partial charge in [0.05, 0.1) is 10.5 Å². The lowest BCUT2D eigenvalue weighted by molar-refractivity contribution is -0.385. The fourth-order valence-electron chi connectivity index (χ4n) is 1.66. The van der Waals surface area contributed by atoms with Crippen molar-refractivity contribution in [1.82, 2.24) is 0 Å². The molecule has 0 aliphatic rings. The summed E-state index contributed by atoms with van der Waals surface area (Å²) in [4.78, 5) is 20.8. The number of benzene rings is 2. The molecule has 0 saturated heterocycles. The van der Waals surface area contributed by atoms with E-state index < -0.39 is 10.7 Å². The molecule has 5 heteroatoms. The number of nitro groups is 1. The molecule has 2 aromatic carbocycles. The van der Waals surface area contributed by atoms with Gasteiger partial charge in [0.1, 0.15) is 5.82 Å². The van der Waals surface area contributed by atoms with Gasteiger partial charge in [-0.1, -0.05) is 24.3 Å². The molecule has 0 heterocycles. The highest BCUT2D eigenvalue weighted by Crippen LogP contribution is 2.28. The summed E-state index contributed by atoms with van der Waals surface area (Å²) in [6, 6.07) is 9.96. The number of hydrogen-bond acceptors (Lipinski definition) is 3. The van der Waals surface area contributed by atoms with E-state index in [-0.39, 0.29) is 16.8 Å². The minimum absolute atomic E-state index is 0.0277. The Hall–Kier alpha value is -2.56. The fraction of sp³-hybridized carbons (Fsp3) is 0. The minimum Gasteiger partial charge on any atom is -0.298 e. The van der Waals surface area contributed by atoms with Crippen molar-refractivity contribution < 1.29 is 14.1 Å².